The second-order valence-corrected chi connectivity index (χ2v) is 4.88. The molecule has 0 aromatic heterocycles. The average Bonchev–Trinajstić information content (AvgIpc) is 2.29. The number of hydrogen-bond acceptors (Lipinski definition) is 3. The van der Waals surface area contributed by atoms with Gasteiger partial charge in [-0.1, -0.05) is 19.9 Å². The first-order valence-corrected chi connectivity index (χ1v) is 6.58. The zero-order valence-corrected chi connectivity index (χ0v) is 11.1. The van der Waals surface area contributed by atoms with E-state index in [1.165, 1.54) is 12.5 Å². The van der Waals surface area contributed by atoms with Gasteiger partial charge < -0.3 is 9.47 Å². The van der Waals surface area contributed by atoms with E-state index in [-0.39, 0.29) is 5.97 Å². The van der Waals surface area contributed by atoms with Crippen LogP contribution in [0.4, 0.5) is 0 Å². The first kappa shape index (κ1) is 14.2. The zero-order valence-electron chi connectivity index (χ0n) is 11.1. The van der Waals surface area contributed by atoms with E-state index in [0.717, 1.165) is 24.7 Å². The molecule has 0 heterocycles. The van der Waals surface area contributed by atoms with E-state index < -0.39 is 0 Å². The summed E-state index contributed by atoms with van der Waals surface area (Å²) in [5, 5.41) is 0. The van der Waals surface area contributed by atoms with Crippen molar-refractivity contribution in [2.24, 2.45) is 11.8 Å². The van der Waals surface area contributed by atoms with Gasteiger partial charge in [0.15, 0.2) is 0 Å². The van der Waals surface area contributed by atoms with Crippen LogP contribution in [0.5, 0.6) is 0 Å². The Bertz CT molecular complexity index is 260. The van der Waals surface area contributed by atoms with E-state index in [1.807, 2.05) is 0 Å². The molecule has 0 radical (unpaired) electrons. The van der Waals surface area contributed by atoms with Crippen LogP contribution in [-0.2, 0) is 14.3 Å². The van der Waals surface area contributed by atoms with Gasteiger partial charge in [0, 0.05) is 6.08 Å². The maximum Gasteiger partial charge on any atom is 0.330 e. The highest BCUT2D eigenvalue weighted by molar-refractivity contribution is 5.81. The third kappa shape index (κ3) is 5.35. The summed E-state index contributed by atoms with van der Waals surface area (Å²) >= 11 is 0. The highest BCUT2D eigenvalue weighted by atomic mass is 16.5. The van der Waals surface area contributed by atoms with Gasteiger partial charge >= 0.3 is 5.97 Å². The van der Waals surface area contributed by atoms with E-state index in [9.17, 15) is 4.79 Å². The molecule has 3 atom stereocenters. The number of rotatable bonds is 5. The molecule has 0 N–H and O–H groups in total. The number of ether oxygens (including phenoxy) is 2. The average molecular weight is 240 g/mol. The fourth-order valence-corrected chi connectivity index (χ4v) is 2.18. The van der Waals surface area contributed by atoms with E-state index >= 15 is 0 Å². The second kappa shape index (κ2) is 7.49. The van der Waals surface area contributed by atoms with Gasteiger partial charge in [-0.05, 0) is 38.0 Å². The van der Waals surface area contributed by atoms with Gasteiger partial charge in [0.05, 0.1) is 19.3 Å². The molecule has 3 heteroatoms. The Hall–Kier alpha value is -0.830. The molecule has 1 saturated carbocycles. The molecule has 17 heavy (non-hydrogen) atoms. The molecule has 3 unspecified atom stereocenters. The summed E-state index contributed by atoms with van der Waals surface area (Å²) in [6.07, 6.45) is 7.05. The molecule has 1 aliphatic rings. The Morgan fingerprint density at radius 2 is 2.06 bits per heavy atom. The molecule has 3 nitrogen and oxygen atoms in total. The van der Waals surface area contributed by atoms with E-state index in [1.54, 1.807) is 13.0 Å². The van der Waals surface area contributed by atoms with Crippen molar-refractivity contribution in [2.75, 3.05) is 13.2 Å². The molecule has 0 aromatic rings. The Kier molecular flexibility index (Phi) is 6.27. The van der Waals surface area contributed by atoms with E-state index in [4.69, 9.17) is 9.47 Å². The largest absolute Gasteiger partial charge is 0.463 e. The lowest BCUT2D eigenvalue weighted by molar-refractivity contribution is -0.137. The third-order valence-corrected chi connectivity index (χ3v) is 3.52. The van der Waals surface area contributed by atoms with E-state index in [2.05, 4.69) is 13.8 Å². The minimum atomic E-state index is -0.290. The first-order valence-electron chi connectivity index (χ1n) is 6.58. The summed E-state index contributed by atoms with van der Waals surface area (Å²) in [7, 11) is 0. The summed E-state index contributed by atoms with van der Waals surface area (Å²) in [6.45, 7) is 7.32. The van der Waals surface area contributed by atoms with Crippen LogP contribution in [0.2, 0.25) is 0 Å². The minimum absolute atomic E-state index is 0.290. The second-order valence-electron chi connectivity index (χ2n) is 4.88. The predicted octanol–water partition coefficient (Wildman–Crippen LogP) is 2.95. The predicted molar refractivity (Wildman–Crippen MR) is 67.7 cm³/mol. The van der Waals surface area contributed by atoms with Crippen LogP contribution in [0.25, 0.3) is 0 Å². The van der Waals surface area contributed by atoms with Crippen molar-refractivity contribution < 1.29 is 14.3 Å². The maximum atomic E-state index is 11.0. The lowest BCUT2D eigenvalue weighted by Crippen LogP contribution is -2.26. The van der Waals surface area contributed by atoms with Gasteiger partial charge in [0.25, 0.3) is 0 Å². The molecular weight excluding hydrogens is 216 g/mol. The Labute approximate surface area is 104 Å². The minimum Gasteiger partial charge on any atom is -0.463 e. The van der Waals surface area contributed by atoms with Crippen LogP contribution < -0.4 is 0 Å². The van der Waals surface area contributed by atoms with Crippen molar-refractivity contribution in [3.63, 3.8) is 0 Å². The highest BCUT2D eigenvalue weighted by Crippen LogP contribution is 2.30. The van der Waals surface area contributed by atoms with Gasteiger partial charge in [-0.3, -0.25) is 0 Å². The smallest absolute Gasteiger partial charge is 0.330 e. The number of hydrogen-bond donors (Lipinski definition) is 0. The molecular formula is C14H24O3. The molecule has 0 aliphatic heterocycles. The fraction of sp³-hybridized carbons (Fsp3) is 0.786. The lowest BCUT2D eigenvalue weighted by Gasteiger charge is -2.31. The van der Waals surface area contributed by atoms with Crippen LogP contribution >= 0.6 is 0 Å². The zero-order chi connectivity index (χ0) is 12.7. The van der Waals surface area contributed by atoms with Gasteiger partial charge in [0.1, 0.15) is 0 Å². The lowest BCUT2D eigenvalue weighted by atomic mass is 9.80. The van der Waals surface area contributed by atoms with E-state index in [0.29, 0.717) is 19.3 Å². The fourth-order valence-electron chi connectivity index (χ4n) is 2.18. The monoisotopic (exact) mass is 240 g/mol. The van der Waals surface area contributed by atoms with Crippen molar-refractivity contribution in [1.82, 2.24) is 0 Å². The van der Waals surface area contributed by atoms with Crippen LogP contribution in [0.15, 0.2) is 12.2 Å². The van der Waals surface area contributed by atoms with Gasteiger partial charge in [-0.2, -0.15) is 0 Å². The highest BCUT2D eigenvalue weighted by Gasteiger charge is 2.24. The van der Waals surface area contributed by atoms with Crippen molar-refractivity contribution in [3.05, 3.63) is 12.2 Å². The van der Waals surface area contributed by atoms with Crippen LogP contribution in [-0.4, -0.2) is 25.3 Å². The summed E-state index contributed by atoms with van der Waals surface area (Å²) in [5.74, 6) is 1.26. The Morgan fingerprint density at radius 3 is 2.71 bits per heavy atom. The summed E-state index contributed by atoms with van der Waals surface area (Å²) in [4.78, 5) is 11.0. The molecule has 0 saturated heterocycles. The normalized spacial score (nSPS) is 29.5. The molecule has 0 aromatic carbocycles. The SMILES string of the molecule is CCOC(=O)/C=C/COC1CCC(C)C(C)C1. The Morgan fingerprint density at radius 1 is 1.29 bits per heavy atom. The standard InChI is InChI=1S/C14H24O3/c1-4-16-14(15)6-5-9-17-13-8-7-11(2)12(3)10-13/h5-6,11-13H,4,7-10H2,1-3H3/b6-5+. The van der Waals surface area contributed by atoms with Crippen molar-refractivity contribution in [3.8, 4) is 0 Å². The van der Waals surface area contributed by atoms with Crippen molar-refractivity contribution in [2.45, 2.75) is 46.1 Å². The number of carbonyl (C=O) groups excluding carboxylic acids is 1. The van der Waals surface area contributed by atoms with Gasteiger partial charge in [-0.15, -0.1) is 0 Å². The molecule has 1 fully saturated rings. The molecule has 98 valence electrons. The van der Waals surface area contributed by atoms with Crippen molar-refractivity contribution in [1.29, 1.82) is 0 Å². The quantitative estimate of drug-likeness (QED) is 0.547. The maximum absolute atomic E-state index is 11.0. The van der Waals surface area contributed by atoms with Crippen molar-refractivity contribution >= 4 is 5.97 Å². The molecule has 1 aliphatic carbocycles. The molecule has 0 amide bonds. The molecule has 1 rings (SSSR count). The molecule has 0 bridgehead atoms. The summed E-state index contributed by atoms with van der Waals surface area (Å²) < 4.78 is 10.5. The summed E-state index contributed by atoms with van der Waals surface area (Å²) in [6, 6.07) is 0. The topological polar surface area (TPSA) is 35.5 Å². The first-order chi connectivity index (χ1) is 8.13. The van der Waals surface area contributed by atoms with Crippen LogP contribution in [0.1, 0.15) is 40.0 Å². The van der Waals surface area contributed by atoms with Gasteiger partial charge in [0.2, 0.25) is 0 Å². The Balaban J connectivity index is 2.16. The van der Waals surface area contributed by atoms with Crippen LogP contribution in [0.3, 0.4) is 0 Å². The van der Waals surface area contributed by atoms with Crippen LogP contribution in [0, 0.1) is 11.8 Å². The number of esters is 1. The molecule has 0 spiro atoms. The number of carbonyl (C=O) groups is 1. The third-order valence-electron chi connectivity index (χ3n) is 3.52. The van der Waals surface area contributed by atoms with Gasteiger partial charge in [-0.25, -0.2) is 4.79 Å². The summed E-state index contributed by atoms with van der Waals surface area (Å²) in [5.41, 5.74) is 0.